The quantitative estimate of drug-likeness (QED) is 0.891. The summed E-state index contributed by atoms with van der Waals surface area (Å²) < 4.78 is 25.8. The van der Waals surface area contributed by atoms with E-state index in [1.54, 1.807) is 19.1 Å². The molecule has 0 unspecified atom stereocenters. The third-order valence-electron chi connectivity index (χ3n) is 3.53. The Kier molecular flexibility index (Phi) is 4.95. The van der Waals surface area contributed by atoms with E-state index in [0.717, 1.165) is 24.1 Å². The number of aryl methyl sites for hydroxylation is 1. The van der Waals surface area contributed by atoms with Crippen molar-refractivity contribution in [1.29, 1.82) is 0 Å². The SMILES string of the molecule is CCS(=O)(=O)N1CCCc2cc(NC(=O)NC(C)C)ccc21. The summed E-state index contributed by atoms with van der Waals surface area (Å²) in [4.78, 5) is 11.7. The van der Waals surface area contributed by atoms with Gasteiger partial charge in [-0.15, -0.1) is 0 Å². The molecule has 1 aromatic rings. The molecule has 7 heteroatoms. The molecule has 0 bridgehead atoms. The minimum Gasteiger partial charge on any atom is -0.336 e. The fraction of sp³-hybridized carbons (Fsp3) is 0.533. The van der Waals surface area contributed by atoms with E-state index in [0.29, 0.717) is 12.2 Å². The molecule has 0 saturated carbocycles. The molecule has 0 atom stereocenters. The van der Waals surface area contributed by atoms with Gasteiger partial charge in [0, 0.05) is 18.3 Å². The molecule has 122 valence electrons. The lowest BCUT2D eigenvalue weighted by Gasteiger charge is -2.30. The van der Waals surface area contributed by atoms with Crippen molar-refractivity contribution in [3.05, 3.63) is 23.8 Å². The number of carbonyl (C=O) groups excluding carboxylic acids is 1. The lowest BCUT2D eigenvalue weighted by atomic mass is 10.0. The zero-order valence-corrected chi connectivity index (χ0v) is 14.0. The van der Waals surface area contributed by atoms with Gasteiger partial charge in [0.1, 0.15) is 0 Å². The summed E-state index contributed by atoms with van der Waals surface area (Å²) in [7, 11) is -3.25. The van der Waals surface area contributed by atoms with E-state index in [-0.39, 0.29) is 17.8 Å². The number of sulfonamides is 1. The highest BCUT2D eigenvalue weighted by Gasteiger charge is 2.26. The molecule has 0 saturated heterocycles. The first-order chi connectivity index (χ1) is 10.3. The number of benzene rings is 1. The van der Waals surface area contributed by atoms with Gasteiger partial charge in [-0.3, -0.25) is 4.31 Å². The minimum atomic E-state index is -3.25. The smallest absolute Gasteiger partial charge is 0.319 e. The average Bonchev–Trinajstić information content (AvgIpc) is 2.45. The lowest BCUT2D eigenvalue weighted by Crippen LogP contribution is -2.37. The molecule has 2 amide bonds. The van der Waals surface area contributed by atoms with Gasteiger partial charge in [0.05, 0.1) is 11.4 Å². The van der Waals surface area contributed by atoms with Crippen LogP contribution < -0.4 is 14.9 Å². The Balaban J connectivity index is 2.23. The number of urea groups is 1. The van der Waals surface area contributed by atoms with E-state index in [1.165, 1.54) is 4.31 Å². The molecule has 0 radical (unpaired) electrons. The second-order valence-electron chi connectivity index (χ2n) is 5.67. The van der Waals surface area contributed by atoms with Gasteiger partial charge in [-0.25, -0.2) is 13.2 Å². The van der Waals surface area contributed by atoms with Gasteiger partial charge in [0.15, 0.2) is 0 Å². The molecule has 0 aromatic heterocycles. The van der Waals surface area contributed by atoms with Crippen LogP contribution in [0.5, 0.6) is 0 Å². The molecule has 2 rings (SSSR count). The Morgan fingerprint density at radius 3 is 2.73 bits per heavy atom. The highest BCUT2D eigenvalue weighted by molar-refractivity contribution is 7.92. The summed E-state index contributed by atoms with van der Waals surface area (Å²) in [6.45, 7) is 5.94. The first-order valence-electron chi connectivity index (χ1n) is 7.54. The molecule has 0 fully saturated rings. The van der Waals surface area contributed by atoms with Crippen LogP contribution in [0.1, 0.15) is 32.8 Å². The van der Waals surface area contributed by atoms with Gasteiger partial charge < -0.3 is 10.6 Å². The Morgan fingerprint density at radius 1 is 1.36 bits per heavy atom. The first-order valence-corrected chi connectivity index (χ1v) is 9.15. The van der Waals surface area contributed by atoms with E-state index in [2.05, 4.69) is 10.6 Å². The molecule has 1 aliphatic heterocycles. The molecule has 1 aromatic carbocycles. The Labute approximate surface area is 131 Å². The fourth-order valence-electron chi connectivity index (χ4n) is 2.51. The topological polar surface area (TPSA) is 78.5 Å². The molecule has 1 heterocycles. The third kappa shape index (κ3) is 3.71. The second-order valence-corrected chi connectivity index (χ2v) is 7.85. The summed E-state index contributed by atoms with van der Waals surface area (Å²) in [6.07, 6.45) is 1.60. The average molecular weight is 325 g/mol. The van der Waals surface area contributed by atoms with Crippen LogP contribution >= 0.6 is 0 Å². The largest absolute Gasteiger partial charge is 0.336 e. The number of hydrogen-bond donors (Lipinski definition) is 2. The van der Waals surface area contributed by atoms with Crippen LogP contribution in [-0.2, 0) is 16.4 Å². The van der Waals surface area contributed by atoms with Crippen LogP contribution in [0, 0.1) is 0 Å². The molecule has 6 nitrogen and oxygen atoms in total. The maximum Gasteiger partial charge on any atom is 0.319 e. The van der Waals surface area contributed by atoms with E-state index in [1.807, 2.05) is 19.9 Å². The van der Waals surface area contributed by atoms with E-state index < -0.39 is 10.0 Å². The Bertz CT molecular complexity index is 656. The monoisotopic (exact) mass is 325 g/mol. The maximum atomic E-state index is 12.1. The van der Waals surface area contributed by atoms with Crippen LogP contribution in [0.25, 0.3) is 0 Å². The predicted molar refractivity (Wildman–Crippen MR) is 88.9 cm³/mol. The van der Waals surface area contributed by atoms with Crippen molar-refractivity contribution in [3.63, 3.8) is 0 Å². The number of fused-ring (bicyclic) bond motifs is 1. The Hall–Kier alpha value is -1.76. The van der Waals surface area contributed by atoms with Gasteiger partial charge in [0.25, 0.3) is 0 Å². The van der Waals surface area contributed by atoms with Crippen molar-refractivity contribution in [2.75, 3.05) is 21.9 Å². The van der Waals surface area contributed by atoms with Crippen LogP contribution in [0.3, 0.4) is 0 Å². The normalized spacial score (nSPS) is 14.6. The fourth-order valence-corrected chi connectivity index (χ4v) is 3.71. The number of carbonyl (C=O) groups is 1. The molecule has 2 N–H and O–H groups in total. The van der Waals surface area contributed by atoms with Crippen LogP contribution in [-0.4, -0.2) is 32.8 Å². The van der Waals surface area contributed by atoms with Gasteiger partial charge >= 0.3 is 6.03 Å². The maximum absolute atomic E-state index is 12.1. The summed E-state index contributed by atoms with van der Waals surface area (Å²) >= 11 is 0. The van der Waals surface area contributed by atoms with Crippen molar-refractivity contribution in [2.45, 2.75) is 39.7 Å². The van der Waals surface area contributed by atoms with Crippen LogP contribution in [0.15, 0.2) is 18.2 Å². The molecular weight excluding hydrogens is 302 g/mol. The van der Waals surface area contributed by atoms with Crippen molar-refractivity contribution >= 4 is 27.4 Å². The number of nitrogens with one attached hydrogen (secondary N) is 2. The van der Waals surface area contributed by atoms with Crippen molar-refractivity contribution in [3.8, 4) is 0 Å². The van der Waals surface area contributed by atoms with Gasteiger partial charge in [-0.1, -0.05) is 0 Å². The van der Waals surface area contributed by atoms with Gasteiger partial charge in [0.2, 0.25) is 10.0 Å². The third-order valence-corrected chi connectivity index (χ3v) is 5.31. The summed E-state index contributed by atoms with van der Waals surface area (Å²) in [5, 5.41) is 5.53. The minimum absolute atomic E-state index is 0.0582. The van der Waals surface area contributed by atoms with E-state index in [4.69, 9.17) is 0 Å². The summed E-state index contributed by atoms with van der Waals surface area (Å²) in [6, 6.07) is 5.16. The van der Waals surface area contributed by atoms with Crippen LogP contribution in [0.2, 0.25) is 0 Å². The molecular formula is C15H23N3O3S. The lowest BCUT2D eigenvalue weighted by molar-refractivity contribution is 0.250. The molecule has 0 aliphatic carbocycles. The van der Waals surface area contributed by atoms with Gasteiger partial charge in [-0.05, 0) is 57.4 Å². The standard InChI is InChI=1S/C15H23N3O3S/c1-4-22(20,21)18-9-5-6-12-10-13(7-8-14(12)18)17-15(19)16-11(2)3/h7-8,10-11H,4-6,9H2,1-3H3,(H2,16,17,19). The van der Waals surface area contributed by atoms with Crippen molar-refractivity contribution in [1.82, 2.24) is 5.32 Å². The van der Waals surface area contributed by atoms with Crippen molar-refractivity contribution < 1.29 is 13.2 Å². The first kappa shape index (κ1) is 16.6. The Morgan fingerprint density at radius 2 is 2.09 bits per heavy atom. The number of nitrogens with zero attached hydrogens (tertiary/aromatic N) is 1. The zero-order chi connectivity index (χ0) is 16.3. The van der Waals surface area contributed by atoms with Crippen molar-refractivity contribution in [2.24, 2.45) is 0 Å². The molecule has 1 aliphatic rings. The highest BCUT2D eigenvalue weighted by atomic mass is 32.2. The number of anilines is 2. The number of rotatable bonds is 4. The summed E-state index contributed by atoms with van der Waals surface area (Å²) in [5.41, 5.74) is 2.35. The highest BCUT2D eigenvalue weighted by Crippen LogP contribution is 2.31. The van der Waals surface area contributed by atoms with E-state index >= 15 is 0 Å². The van der Waals surface area contributed by atoms with Gasteiger partial charge in [-0.2, -0.15) is 0 Å². The zero-order valence-electron chi connectivity index (χ0n) is 13.2. The van der Waals surface area contributed by atoms with Crippen LogP contribution in [0.4, 0.5) is 16.2 Å². The number of hydrogen-bond acceptors (Lipinski definition) is 3. The predicted octanol–water partition coefficient (Wildman–Crippen LogP) is 2.32. The second kappa shape index (κ2) is 6.56. The summed E-state index contributed by atoms with van der Waals surface area (Å²) in [5.74, 6) is 0.0865. The molecule has 22 heavy (non-hydrogen) atoms. The van der Waals surface area contributed by atoms with E-state index in [9.17, 15) is 13.2 Å². The number of amides is 2. The molecule has 0 spiro atoms.